The normalized spacial score (nSPS) is 19.8. The Morgan fingerprint density at radius 3 is 2.77 bits per heavy atom. The van der Waals surface area contributed by atoms with Crippen LogP contribution in [0.4, 0.5) is 5.82 Å². The largest absolute Gasteiger partial charge is 0.356 e. The number of thiophene rings is 1. The number of carbonyl (C=O) groups excluding carboxylic acids is 1. The number of benzene rings is 1. The molecule has 6 nitrogen and oxygen atoms in total. The first-order valence-corrected chi connectivity index (χ1v) is 13.9. The minimum Gasteiger partial charge on any atom is -0.356 e. The SMILES string of the molecule is CCc1cc2c(N3CCC[C@@H](C(=O)NCC4CCN(Cc5ccccc5C)CC4)C3)ncnc2s1. The van der Waals surface area contributed by atoms with Gasteiger partial charge in [0.2, 0.25) is 5.91 Å². The summed E-state index contributed by atoms with van der Waals surface area (Å²) in [5.41, 5.74) is 2.80. The summed E-state index contributed by atoms with van der Waals surface area (Å²) in [7, 11) is 0. The number of hydrogen-bond acceptors (Lipinski definition) is 6. The van der Waals surface area contributed by atoms with Crippen LogP contribution in [0.1, 0.15) is 48.6 Å². The first-order valence-electron chi connectivity index (χ1n) is 13.1. The Morgan fingerprint density at radius 2 is 1.97 bits per heavy atom. The lowest BCUT2D eigenvalue weighted by Gasteiger charge is -2.34. The van der Waals surface area contributed by atoms with Crippen molar-refractivity contribution in [2.24, 2.45) is 11.8 Å². The molecule has 186 valence electrons. The van der Waals surface area contributed by atoms with E-state index in [2.05, 4.69) is 69.3 Å². The predicted octanol–water partition coefficient (Wildman–Crippen LogP) is 4.81. The third-order valence-corrected chi connectivity index (χ3v) is 8.91. The Bertz CT molecular complexity index is 1150. The van der Waals surface area contributed by atoms with Crippen LogP contribution in [0.5, 0.6) is 0 Å². The summed E-state index contributed by atoms with van der Waals surface area (Å²) in [6.45, 7) is 10.1. The zero-order valence-corrected chi connectivity index (χ0v) is 21.8. The van der Waals surface area contributed by atoms with Crippen LogP contribution in [0.2, 0.25) is 0 Å². The number of rotatable bonds is 7. The number of nitrogens with one attached hydrogen (secondary N) is 1. The number of anilines is 1. The molecule has 0 radical (unpaired) electrons. The smallest absolute Gasteiger partial charge is 0.224 e. The molecule has 1 atom stereocenters. The van der Waals surface area contributed by atoms with E-state index in [4.69, 9.17) is 0 Å². The second kappa shape index (κ2) is 11.0. The van der Waals surface area contributed by atoms with Gasteiger partial charge in [-0.05, 0) is 75.2 Å². The molecule has 1 amide bonds. The quantitative estimate of drug-likeness (QED) is 0.514. The molecule has 2 aliphatic rings. The number of aryl methyl sites for hydroxylation is 2. The van der Waals surface area contributed by atoms with Gasteiger partial charge >= 0.3 is 0 Å². The van der Waals surface area contributed by atoms with Crippen LogP contribution < -0.4 is 10.2 Å². The number of piperidine rings is 2. The molecular formula is C28H37N5OS. The maximum Gasteiger partial charge on any atom is 0.224 e. The monoisotopic (exact) mass is 491 g/mol. The van der Waals surface area contributed by atoms with Crippen molar-refractivity contribution in [3.05, 3.63) is 52.7 Å². The van der Waals surface area contributed by atoms with Crippen LogP contribution in [-0.4, -0.2) is 53.5 Å². The number of nitrogens with zero attached hydrogens (tertiary/aromatic N) is 4. The van der Waals surface area contributed by atoms with Crippen molar-refractivity contribution in [1.82, 2.24) is 20.2 Å². The molecule has 5 rings (SSSR count). The molecule has 7 heteroatoms. The predicted molar refractivity (Wildman–Crippen MR) is 144 cm³/mol. The molecule has 2 aliphatic heterocycles. The Morgan fingerprint density at radius 1 is 1.14 bits per heavy atom. The standard InChI is InChI=1S/C28H37N5OS/c1-3-24-15-25-26(30-19-31-28(25)35-24)33-12-6-9-23(18-33)27(34)29-16-21-10-13-32(14-11-21)17-22-8-5-4-7-20(22)2/h4-5,7-8,15,19,21,23H,3,6,9-14,16-18H2,1-2H3,(H,29,34)/t23-/m1/s1. The van der Waals surface area contributed by atoms with Gasteiger partial charge in [0.05, 0.1) is 11.3 Å². The molecule has 1 N–H and O–H groups in total. The second-order valence-electron chi connectivity index (χ2n) is 10.2. The van der Waals surface area contributed by atoms with E-state index in [0.717, 1.165) is 87.4 Å². The molecular weight excluding hydrogens is 454 g/mol. The van der Waals surface area contributed by atoms with E-state index < -0.39 is 0 Å². The zero-order valence-electron chi connectivity index (χ0n) is 21.0. The van der Waals surface area contributed by atoms with Crippen LogP contribution in [0, 0.1) is 18.8 Å². The van der Waals surface area contributed by atoms with E-state index in [1.54, 1.807) is 17.7 Å². The number of likely N-dealkylation sites (tertiary alicyclic amines) is 1. The van der Waals surface area contributed by atoms with Gasteiger partial charge in [0.25, 0.3) is 0 Å². The second-order valence-corrected chi connectivity index (χ2v) is 11.3. The van der Waals surface area contributed by atoms with E-state index in [1.807, 2.05) is 0 Å². The highest BCUT2D eigenvalue weighted by atomic mass is 32.1. The molecule has 0 bridgehead atoms. The van der Waals surface area contributed by atoms with Gasteiger partial charge in [-0.25, -0.2) is 9.97 Å². The molecule has 3 aromatic rings. The average Bonchev–Trinajstić information content (AvgIpc) is 3.33. The highest BCUT2D eigenvalue weighted by Crippen LogP contribution is 2.32. The van der Waals surface area contributed by atoms with Crippen LogP contribution in [0.15, 0.2) is 36.7 Å². The molecule has 2 fully saturated rings. The van der Waals surface area contributed by atoms with Crippen molar-refractivity contribution in [1.29, 1.82) is 0 Å². The highest BCUT2D eigenvalue weighted by Gasteiger charge is 2.28. The van der Waals surface area contributed by atoms with Gasteiger partial charge < -0.3 is 10.2 Å². The molecule has 4 heterocycles. The number of amides is 1. The Kier molecular flexibility index (Phi) is 7.63. The first-order chi connectivity index (χ1) is 17.1. The maximum absolute atomic E-state index is 13.1. The molecule has 2 saturated heterocycles. The fourth-order valence-electron chi connectivity index (χ4n) is 5.47. The lowest BCUT2D eigenvalue weighted by Crippen LogP contribution is -2.45. The van der Waals surface area contributed by atoms with Crippen molar-refractivity contribution < 1.29 is 4.79 Å². The summed E-state index contributed by atoms with van der Waals surface area (Å²) in [5, 5.41) is 4.44. The number of carbonyl (C=O) groups is 1. The van der Waals surface area contributed by atoms with Gasteiger partial charge in [0.1, 0.15) is 17.0 Å². The molecule has 2 aromatic heterocycles. The van der Waals surface area contributed by atoms with Crippen LogP contribution in [0.3, 0.4) is 0 Å². The summed E-state index contributed by atoms with van der Waals surface area (Å²) in [6.07, 6.45) is 6.96. The fraction of sp³-hybridized carbons (Fsp3) is 0.536. The molecule has 1 aromatic carbocycles. The van der Waals surface area contributed by atoms with Gasteiger partial charge in [0.15, 0.2) is 0 Å². The van der Waals surface area contributed by atoms with E-state index >= 15 is 0 Å². The van der Waals surface area contributed by atoms with E-state index in [1.165, 1.54) is 16.0 Å². The molecule has 0 unspecified atom stereocenters. The Labute approximate surface area is 212 Å². The molecule has 0 spiro atoms. The Balaban J connectivity index is 1.11. The minimum atomic E-state index is 0.0270. The van der Waals surface area contributed by atoms with Crippen molar-refractivity contribution in [3.63, 3.8) is 0 Å². The van der Waals surface area contributed by atoms with Crippen LogP contribution in [0.25, 0.3) is 10.2 Å². The molecule has 0 saturated carbocycles. The average molecular weight is 492 g/mol. The van der Waals surface area contributed by atoms with Crippen molar-refractivity contribution >= 4 is 33.3 Å². The van der Waals surface area contributed by atoms with Gasteiger partial charge in [0, 0.05) is 31.1 Å². The van der Waals surface area contributed by atoms with E-state index in [9.17, 15) is 4.79 Å². The summed E-state index contributed by atoms with van der Waals surface area (Å²) >= 11 is 1.75. The summed E-state index contributed by atoms with van der Waals surface area (Å²) in [5.74, 6) is 1.80. The van der Waals surface area contributed by atoms with E-state index in [-0.39, 0.29) is 11.8 Å². The fourth-order valence-corrected chi connectivity index (χ4v) is 6.40. The molecule has 0 aliphatic carbocycles. The summed E-state index contributed by atoms with van der Waals surface area (Å²) in [6, 6.07) is 10.9. The summed E-state index contributed by atoms with van der Waals surface area (Å²) in [4.78, 5) is 29.4. The minimum absolute atomic E-state index is 0.0270. The third-order valence-electron chi connectivity index (χ3n) is 7.73. The highest BCUT2D eigenvalue weighted by molar-refractivity contribution is 7.18. The van der Waals surface area contributed by atoms with Crippen molar-refractivity contribution in [3.8, 4) is 0 Å². The number of hydrogen-bond donors (Lipinski definition) is 1. The van der Waals surface area contributed by atoms with Crippen molar-refractivity contribution in [2.75, 3.05) is 37.6 Å². The lowest BCUT2D eigenvalue weighted by atomic mass is 9.94. The third kappa shape index (κ3) is 5.67. The maximum atomic E-state index is 13.1. The van der Waals surface area contributed by atoms with Crippen molar-refractivity contribution in [2.45, 2.75) is 52.5 Å². The Hall–Kier alpha value is -2.51. The zero-order chi connectivity index (χ0) is 24.2. The lowest BCUT2D eigenvalue weighted by molar-refractivity contribution is -0.125. The van der Waals surface area contributed by atoms with Gasteiger partial charge in [-0.3, -0.25) is 9.69 Å². The van der Waals surface area contributed by atoms with Crippen LogP contribution in [-0.2, 0) is 17.8 Å². The first kappa shape index (κ1) is 24.2. The number of fused-ring (bicyclic) bond motifs is 1. The molecule has 35 heavy (non-hydrogen) atoms. The van der Waals surface area contributed by atoms with Gasteiger partial charge in [-0.15, -0.1) is 11.3 Å². The van der Waals surface area contributed by atoms with Crippen LogP contribution >= 0.6 is 11.3 Å². The topological polar surface area (TPSA) is 61.4 Å². The van der Waals surface area contributed by atoms with Gasteiger partial charge in [-0.1, -0.05) is 31.2 Å². The van der Waals surface area contributed by atoms with Gasteiger partial charge in [-0.2, -0.15) is 0 Å². The number of aromatic nitrogens is 2. The summed E-state index contributed by atoms with van der Waals surface area (Å²) < 4.78 is 0. The van der Waals surface area contributed by atoms with E-state index in [0.29, 0.717) is 5.92 Å².